The Morgan fingerprint density at radius 2 is 1.63 bits per heavy atom. The van der Waals surface area contributed by atoms with Crippen molar-refractivity contribution in [2.24, 2.45) is 0 Å². The molecule has 0 aliphatic heterocycles. The van der Waals surface area contributed by atoms with Crippen LogP contribution in [-0.2, 0) is 32.3 Å². The molecule has 7 nitrogen and oxygen atoms in total. The molecule has 0 saturated carbocycles. The molecule has 0 bridgehead atoms. The third-order valence-corrected chi connectivity index (χ3v) is 8.81. The van der Waals surface area contributed by atoms with Crippen molar-refractivity contribution in [1.29, 1.82) is 0 Å². The maximum Gasteiger partial charge on any atom is 0.417 e. The highest BCUT2D eigenvalue weighted by molar-refractivity contribution is 7.92. The maximum absolute atomic E-state index is 13.9. The summed E-state index contributed by atoms with van der Waals surface area (Å²) in [6, 6.07) is 12.2. The highest BCUT2D eigenvalue weighted by atomic mass is 35.5. The lowest BCUT2D eigenvalue weighted by Crippen LogP contribution is -2.51. The van der Waals surface area contributed by atoms with Crippen LogP contribution in [0.4, 0.5) is 23.2 Å². The molecular formula is C30H32ClF4N3O4S. The van der Waals surface area contributed by atoms with Gasteiger partial charge in [-0.25, -0.2) is 12.8 Å². The first kappa shape index (κ1) is 33.9. The number of aryl methyl sites for hydroxylation is 1. The van der Waals surface area contributed by atoms with Crippen molar-refractivity contribution in [3.05, 3.63) is 94.3 Å². The first-order valence-corrected chi connectivity index (χ1v) is 15.2. The van der Waals surface area contributed by atoms with Gasteiger partial charge < -0.3 is 10.2 Å². The second-order valence-corrected chi connectivity index (χ2v) is 12.2. The average Bonchev–Trinajstić information content (AvgIpc) is 2.95. The Labute approximate surface area is 253 Å². The number of nitrogens with zero attached hydrogens (tertiary/aromatic N) is 2. The Kier molecular flexibility index (Phi) is 11.2. The molecular weight excluding hydrogens is 610 g/mol. The monoisotopic (exact) mass is 641 g/mol. The molecule has 0 aliphatic rings. The zero-order chi connectivity index (χ0) is 31.9. The average molecular weight is 642 g/mol. The number of halogens is 5. The fraction of sp³-hybridized carbons (Fsp3) is 0.333. The molecule has 232 valence electrons. The number of nitrogens with one attached hydrogen (secondary N) is 1. The molecule has 2 amide bonds. The van der Waals surface area contributed by atoms with Gasteiger partial charge in [0.15, 0.2) is 0 Å². The van der Waals surface area contributed by atoms with E-state index in [9.17, 15) is 35.6 Å². The van der Waals surface area contributed by atoms with Gasteiger partial charge in [-0.1, -0.05) is 54.8 Å². The smallest absolute Gasteiger partial charge is 0.354 e. The molecule has 13 heteroatoms. The SMILES string of the molecule is CCCCNC(=O)[C@@H](C)N(Cc1ccc(F)cc1)C(=O)CN(c1ccc(Cl)c(C(F)(F)F)c1)S(=O)(=O)c1ccc(C)cc1. The molecule has 3 rings (SSSR count). The van der Waals surface area contributed by atoms with Crippen LogP contribution in [0.2, 0.25) is 5.02 Å². The van der Waals surface area contributed by atoms with E-state index in [1.807, 2.05) is 6.92 Å². The van der Waals surface area contributed by atoms with Gasteiger partial charge in [-0.15, -0.1) is 0 Å². The van der Waals surface area contributed by atoms with Crippen molar-refractivity contribution in [2.75, 3.05) is 17.4 Å². The van der Waals surface area contributed by atoms with Crippen molar-refractivity contribution in [1.82, 2.24) is 10.2 Å². The lowest BCUT2D eigenvalue weighted by molar-refractivity contribution is -0.139. The minimum Gasteiger partial charge on any atom is -0.354 e. The number of alkyl halides is 3. The van der Waals surface area contributed by atoms with E-state index in [4.69, 9.17) is 11.6 Å². The topological polar surface area (TPSA) is 86.8 Å². The predicted octanol–water partition coefficient (Wildman–Crippen LogP) is 6.34. The summed E-state index contributed by atoms with van der Waals surface area (Å²) in [6.07, 6.45) is -3.42. The van der Waals surface area contributed by atoms with Gasteiger partial charge in [0.05, 0.1) is 21.2 Å². The number of amides is 2. The number of carbonyl (C=O) groups is 2. The van der Waals surface area contributed by atoms with Crippen LogP contribution in [0.3, 0.4) is 0 Å². The van der Waals surface area contributed by atoms with E-state index in [1.54, 1.807) is 6.92 Å². The normalized spacial score (nSPS) is 12.5. The van der Waals surface area contributed by atoms with Crippen molar-refractivity contribution in [2.45, 2.75) is 57.3 Å². The van der Waals surface area contributed by atoms with E-state index in [2.05, 4.69) is 5.32 Å². The van der Waals surface area contributed by atoms with Crippen molar-refractivity contribution in [3.8, 4) is 0 Å². The molecule has 0 aromatic heterocycles. The quantitative estimate of drug-likeness (QED) is 0.185. The molecule has 3 aromatic carbocycles. The Morgan fingerprint density at radius 3 is 2.21 bits per heavy atom. The number of sulfonamides is 1. The number of carbonyl (C=O) groups excluding carboxylic acids is 2. The van der Waals surface area contributed by atoms with E-state index < -0.39 is 62.7 Å². The Morgan fingerprint density at radius 1 is 1.00 bits per heavy atom. The van der Waals surface area contributed by atoms with Crippen LogP contribution in [0.25, 0.3) is 0 Å². The van der Waals surface area contributed by atoms with Gasteiger partial charge in [-0.2, -0.15) is 13.2 Å². The van der Waals surface area contributed by atoms with Crippen LogP contribution in [-0.4, -0.2) is 44.3 Å². The molecule has 0 aliphatic carbocycles. The fourth-order valence-corrected chi connectivity index (χ4v) is 5.79. The summed E-state index contributed by atoms with van der Waals surface area (Å²) in [7, 11) is -4.59. The van der Waals surface area contributed by atoms with Crippen molar-refractivity contribution in [3.63, 3.8) is 0 Å². The minimum atomic E-state index is -4.91. The zero-order valence-electron chi connectivity index (χ0n) is 23.8. The summed E-state index contributed by atoms with van der Waals surface area (Å²) >= 11 is 5.79. The van der Waals surface area contributed by atoms with Gasteiger partial charge in [0.25, 0.3) is 10.0 Å². The fourth-order valence-electron chi connectivity index (χ4n) is 4.16. The molecule has 3 aromatic rings. The van der Waals surface area contributed by atoms with Crippen LogP contribution in [0, 0.1) is 12.7 Å². The molecule has 0 unspecified atom stereocenters. The Balaban J connectivity index is 2.09. The number of hydrogen-bond acceptors (Lipinski definition) is 4. The van der Waals surface area contributed by atoms with Crippen molar-refractivity contribution < 1.29 is 35.6 Å². The molecule has 0 heterocycles. The highest BCUT2D eigenvalue weighted by Gasteiger charge is 2.37. The zero-order valence-corrected chi connectivity index (χ0v) is 25.4. The van der Waals surface area contributed by atoms with Crippen molar-refractivity contribution >= 4 is 39.1 Å². The molecule has 43 heavy (non-hydrogen) atoms. The summed E-state index contributed by atoms with van der Waals surface area (Å²) < 4.78 is 83.0. The Hall–Kier alpha value is -3.64. The molecule has 1 atom stereocenters. The van der Waals surface area contributed by atoms with E-state index in [-0.39, 0.29) is 11.4 Å². The number of hydrogen-bond donors (Lipinski definition) is 1. The first-order valence-electron chi connectivity index (χ1n) is 13.4. The van der Waals surface area contributed by atoms with Gasteiger partial charge >= 0.3 is 6.18 Å². The molecule has 0 saturated heterocycles. The standard InChI is InChI=1S/C30H32ClF4N3O4S/c1-4-5-16-36-29(40)21(3)37(18-22-8-10-23(32)11-9-22)28(39)19-38(43(41,42)25-13-6-20(2)7-14-25)24-12-15-27(31)26(17-24)30(33,34)35/h6-15,17,21H,4-5,16,18-19H2,1-3H3,(H,36,40)/t21-/m1/s1. The van der Waals surface area contributed by atoms with E-state index >= 15 is 0 Å². The van der Waals surface area contributed by atoms with Crippen LogP contribution in [0.1, 0.15) is 43.4 Å². The number of rotatable bonds is 12. The largest absolute Gasteiger partial charge is 0.417 e. The van der Waals surface area contributed by atoms with Crippen LogP contribution in [0.5, 0.6) is 0 Å². The third-order valence-electron chi connectivity index (χ3n) is 6.69. The van der Waals surface area contributed by atoms with E-state index in [0.29, 0.717) is 28.9 Å². The minimum absolute atomic E-state index is 0.200. The second-order valence-electron chi connectivity index (χ2n) is 9.96. The van der Waals surface area contributed by atoms with Gasteiger partial charge in [0, 0.05) is 13.1 Å². The predicted molar refractivity (Wildman–Crippen MR) is 156 cm³/mol. The lowest BCUT2D eigenvalue weighted by atomic mass is 10.1. The Bertz CT molecular complexity index is 1530. The number of anilines is 1. The maximum atomic E-state index is 13.9. The lowest BCUT2D eigenvalue weighted by Gasteiger charge is -2.32. The molecule has 0 spiro atoms. The van der Waals surface area contributed by atoms with Crippen LogP contribution < -0.4 is 9.62 Å². The molecule has 0 radical (unpaired) electrons. The van der Waals surface area contributed by atoms with Gasteiger partial charge in [0.2, 0.25) is 11.8 Å². The molecule has 0 fully saturated rings. The number of benzene rings is 3. The summed E-state index contributed by atoms with van der Waals surface area (Å²) in [5.74, 6) is -1.91. The molecule has 1 N–H and O–H groups in total. The van der Waals surface area contributed by atoms with Crippen LogP contribution >= 0.6 is 11.6 Å². The second kappa shape index (κ2) is 14.2. The number of unbranched alkanes of at least 4 members (excludes halogenated alkanes) is 1. The third kappa shape index (κ3) is 8.70. The van der Waals surface area contributed by atoms with E-state index in [1.165, 1.54) is 55.5 Å². The summed E-state index contributed by atoms with van der Waals surface area (Å²) in [5, 5.41) is 2.08. The van der Waals surface area contributed by atoms with Gasteiger partial charge in [-0.3, -0.25) is 13.9 Å². The first-order chi connectivity index (χ1) is 20.1. The summed E-state index contributed by atoms with van der Waals surface area (Å²) in [4.78, 5) is 27.7. The van der Waals surface area contributed by atoms with E-state index in [0.717, 1.165) is 29.0 Å². The van der Waals surface area contributed by atoms with Gasteiger partial charge in [0.1, 0.15) is 18.4 Å². The van der Waals surface area contributed by atoms with Gasteiger partial charge in [-0.05, 0) is 68.3 Å². The summed E-state index contributed by atoms with van der Waals surface area (Å²) in [6.45, 7) is 4.32. The summed E-state index contributed by atoms with van der Waals surface area (Å²) in [5.41, 5.74) is -0.551. The van der Waals surface area contributed by atoms with Crippen LogP contribution in [0.15, 0.2) is 71.6 Å². The highest BCUT2D eigenvalue weighted by Crippen LogP contribution is 2.38.